The Morgan fingerprint density at radius 3 is 2.24 bits per heavy atom. The molecule has 46 heavy (non-hydrogen) atoms. The molecule has 0 unspecified atom stereocenters. The molecule has 1 heterocycles. The average Bonchev–Trinajstić information content (AvgIpc) is 3.51. The number of likely N-dealkylation sites (tertiary alicyclic amines) is 1. The molecule has 11 heteroatoms. The maximum Gasteiger partial charge on any atom is 0.387 e. The molecule has 1 aliphatic rings. The summed E-state index contributed by atoms with van der Waals surface area (Å²) in [5, 5.41) is 25.9. The number of carbonyl (C=O) groups is 2. The quantitative estimate of drug-likeness (QED) is 0.131. The van der Waals surface area contributed by atoms with Crippen molar-refractivity contribution in [2.75, 3.05) is 6.54 Å². The van der Waals surface area contributed by atoms with Crippen LogP contribution in [-0.4, -0.2) is 57.9 Å². The van der Waals surface area contributed by atoms with Crippen LogP contribution in [0.2, 0.25) is 0 Å². The summed E-state index contributed by atoms with van der Waals surface area (Å²) in [6.45, 7) is -1.81. The van der Waals surface area contributed by atoms with Gasteiger partial charge in [0.1, 0.15) is 11.9 Å². The van der Waals surface area contributed by atoms with Crippen molar-refractivity contribution in [3.05, 3.63) is 137 Å². The van der Waals surface area contributed by atoms with Gasteiger partial charge in [-0.25, -0.2) is 4.79 Å². The molecule has 4 aromatic rings. The number of carbonyl (C=O) groups excluding carboxylic acids is 1. The van der Waals surface area contributed by atoms with Crippen LogP contribution in [0, 0.1) is 0 Å². The third kappa shape index (κ3) is 8.43. The number of para-hydroxylation sites is 2. The van der Waals surface area contributed by atoms with Gasteiger partial charge in [0.05, 0.1) is 17.7 Å². The summed E-state index contributed by atoms with van der Waals surface area (Å²) in [5.74, 6) is -2.17. The van der Waals surface area contributed by atoms with Crippen LogP contribution in [0.4, 0.5) is 14.5 Å². The Morgan fingerprint density at radius 2 is 1.54 bits per heavy atom. The van der Waals surface area contributed by atoms with Gasteiger partial charge in [0, 0.05) is 34.2 Å². The zero-order valence-corrected chi connectivity index (χ0v) is 25.6. The first-order valence-electron chi connectivity index (χ1n) is 14.5. The van der Waals surface area contributed by atoms with Crippen molar-refractivity contribution in [1.29, 1.82) is 0 Å². The van der Waals surface area contributed by atoms with Crippen LogP contribution >= 0.6 is 0 Å². The van der Waals surface area contributed by atoms with Gasteiger partial charge >= 0.3 is 12.6 Å². The molecule has 2 N–H and O–H groups in total. The van der Waals surface area contributed by atoms with Crippen LogP contribution in [0.5, 0.6) is 5.75 Å². The van der Waals surface area contributed by atoms with Gasteiger partial charge in [0.2, 0.25) is 0 Å². The Labute approximate surface area is 275 Å². The smallest absolute Gasteiger partial charge is 0.387 e. The van der Waals surface area contributed by atoms with Gasteiger partial charge in [-0.05, 0) is 36.6 Å². The second kappa shape index (κ2) is 16.2. The van der Waals surface area contributed by atoms with Crippen LogP contribution in [0.25, 0.3) is 5.32 Å². The molecule has 3 atom stereocenters. The molecule has 0 spiro atoms. The minimum Gasteiger partial charge on any atom is -0.625 e. The Bertz CT molecular complexity index is 1640. The largest absolute Gasteiger partial charge is 0.625 e. The van der Waals surface area contributed by atoms with Crippen LogP contribution in [0.15, 0.2) is 114 Å². The van der Waals surface area contributed by atoms with E-state index in [0.29, 0.717) is 24.1 Å². The number of hydrogen-bond acceptors (Lipinski definition) is 6. The van der Waals surface area contributed by atoms with Crippen molar-refractivity contribution in [1.82, 2.24) is 4.90 Å². The zero-order chi connectivity index (χ0) is 31.8. The Balaban J connectivity index is 0.00000480. The normalized spacial score (nSPS) is 16.3. The number of hydrogen-bond donors (Lipinski definition) is 2. The molecule has 1 aliphatic heterocycles. The van der Waals surface area contributed by atoms with Crippen molar-refractivity contribution < 1.29 is 49.8 Å². The van der Waals surface area contributed by atoms with E-state index in [2.05, 4.69) is 19.9 Å². The van der Waals surface area contributed by atoms with Gasteiger partial charge in [0.25, 0.3) is 0 Å². The van der Waals surface area contributed by atoms with Crippen molar-refractivity contribution >= 4 is 23.3 Å². The summed E-state index contributed by atoms with van der Waals surface area (Å²) < 4.78 is 30.7. The van der Waals surface area contributed by atoms with E-state index in [-0.39, 0.29) is 45.1 Å². The Morgan fingerprint density at radius 1 is 0.913 bits per heavy atom. The van der Waals surface area contributed by atoms with E-state index >= 15 is 0 Å². The standard InChI is InChI=1S/C35H33F2N3O5.Ni/c36-35(37)45-29-20-10-8-17-26(29)32(41)31(34(43)44)39-30(24-14-5-2-6-15-24)25-16-7-9-18-27(25)38-33(42)28-19-11-21-40(28)22-23-12-3-1-4-13-23;/h1-10,12-18,20,28,31-32,35,41H,11,19,21-22H2,(H2,38,39,42,43,44);/p-1/t28-,31-,32-;/m0./s1. The van der Waals surface area contributed by atoms with E-state index in [1.54, 1.807) is 54.6 Å². The number of amides is 1. The number of halogens is 2. The van der Waals surface area contributed by atoms with Crippen LogP contribution < -0.4 is 4.74 Å². The number of rotatable bonds is 12. The van der Waals surface area contributed by atoms with Crippen molar-refractivity contribution in [2.24, 2.45) is 4.99 Å². The predicted octanol–water partition coefficient (Wildman–Crippen LogP) is 6.51. The number of ether oxygens (including phenoxy) is 1. The van der Waals surface area contributed by atoms with Gasteiger partial charge in [-0.1, -0.05) is 103 Å². The summed E-state index contributed by atoms with van der Waals surface area (Å²) in [7, 11) is 0. The van der Waals surface area contributed by atoms with Gasteiger partial charge in [-0.3, -0.25) is 9.89 Å². The average molecular weight is 671 g/mol. The van der Waals surface area contributed by atoms with E-state index in [9.17, 15) is 28.6 Å². The van der Waals surface area contributed by atoms with Gasteiger partial charge < -0.3 is 25.1 Å². The van der Waals surface area contributed by atoms with Crippen molar-refractivity contribution in [2.45, 2.75) is 44.2 Å². The molecule has 1 fully saturated rings. The van der Waals surface area contributed by atoms with E-state index < -0.39 is 30.8 Å². The summed E-state index contributed by atoms with van der Waals surface area (Å²) in [4.78, 5) is 32.7. The second-order valence-electron chi connectivity index (χ2n) is 10.6. The summed E-state index contributed by atoms with van der Waals surface area (Å²) in [6.07, 6.45) is -0.330. The molecular formula is C35H32F2N3NiO5-. The number of aliphatic hydroxyl groups excluding tert-OH is 1. The number of aliphatic hydroxyl groups is 1. The molecule has 0 aromatic heterocycles. The molecule has 242 valence electrons. The number of nitrogens with zero attached hydrogens (tertiary/aromatic N) is 3. The summed E-state index contributed by atoms with van der Waals surface area (Å²) >= 11 is 0. The molecule has 0 aliphatic carbocycles. The molecule has 8 nitrogen and oxygen atoms in total. The number of aliphatic imine (C=N–C) groups is 1. The molecule has 1 amide bonds. The first kappa shape index (κ1) is 34.4. The number of carboxylic acid groups (broad SMARTS) is 1. The fourth-order valence-corrected chi connectivity index (χ4v) is 5.47. The first-order chi connectivity index (χ1) is 21.8. The first-order valence-corrected chi connectivity index (χ1v) is 14.5. The van der Waals surface area contributed by atoms with Gasteiger partial charge in [-0.2, -0.15) is 8.78 Å². The monoisotopic (exact) mass is 670 g/mol. The number of alkyl halides is 2. The van der Waals surface area contributed by atoms with Crippen molar-refractivity contribution in [3.8, 4) is 5.75 Å². The molecule has 0 saturated carbocycles. The van der Waals surface area contributed by atoms with E-state index in [1.165, 1.54) is 24.3 Å². The number of carboxylic acids is 1. The van der Waals surface area contributed by atoms with E-state index in [4.69, 9.17) is 0 Å². The van der Waals surface area contributed by atoms with Crippen molar-refractivity contribution in [3.63, 3.8) is 0 Å². The minimum atomic E-state index is -3.18. The second-order valence-corrected chi connectivity index (χ2v) is 10.6. The van der Waals surface area contributed by atoms with E-state index in [1.807, 2.05) is 30.3 Å². The SMILES string of the molecule is O=C(O)[C@@H](N=C(c1ccccc1)c1ccccc1[N-]C(=O)[C@@H]1CCCN1Cc1ccccc1)[C@@H](O)c1ccccc1OC(F)F.[Ni]. The van der Waals surface area contributed by atoms with Gasteiger partial charge in [-0.15, -0.1) is 5.69 Å². The Hall–Kier alpha value is -4.44. The predicted molar refractivity (Wildman–Crippen MR) is 166 cm³/mol. The third-order valence-corrected chi connectivity index (χ3v) is 7.59. The molecular weight excluding hydrogens is 639 g/mol. The maximum atomic E-state index is 13.6. The molecule has 4 aromatic carbocycles. The third-order valence-electron chi connectivity index (χ3n) is 7.59. The van der Waals surface area contributed by atoms with Crippen LogP contribution in [-0.2, 0) is 32.6 Å². The van der Waals surface area contributed by atoms with E-state index in [0.717, 1.165) is 18.5 Å². The minimum absolute atomic E-state index is 0. The zero-order valence-electron chi connectivity index (χ0n) is 24.6. The molecule has 5 rings (SSSR count). The number of benzene rings is 4. The number of aliphatic carboxylic acids is 1. The van der Waals surface area contributed by atoms with Crippen LogP contribution in [0.1, 0.15) is 41.2 Å². The fraction of sp³-hybridized carbons (Fsp3) is 0.229. The molecule has 0 bridgehead atoms. The molecule has 0 radical (unpaired) electrons. The van der Waals surface area contributed by atoms with Crippen LogP contribution in [0.3, 0.4) is 0 Å². The molecule has 1 saturated heterocycles. The summed E-state index contributed by atoms with van der Waals surface area (Å²) in [6, 6.07) is 28.5. The Kier molecular flexibility index (Phi) is 12.1. The summed E-state index contributed by atoms with van der Waals surface area (Å²) in [5.41, 5.74) is 2.27. The fourth-order valence-electron chi connectivity index (χ4n) is 5.47. The maximum absolute atomic E-state index is 13.6. The topological polar surface area (TPSA) is 114 Å². The van der Waals surface area contributed by atoms with Gasteiger partial charge in [0.15, 0.2) is 6.04 Å².